The minimum atomic E-state index is 0.167. The van der Waals surface area contributed by atoms with Crippen molar-refractivity contribution in [2.45, 2.75) is 0 Å². The van der Waals surface area contributed by atoms with E-state index < -0.39 is 0 Å². The molecule has 1 aromatic carbocycles. The fraction of sp³-hybridized carbons (Fsp3) is 0. The summed E-state index contributed by atoms with van der Waals surface area (Å²) in [6.45, 7) is 0. The lowest BCUT2D eigenvalue weighted by molar-refractivity contribution is 0.709. The number of H-pyrrole nitrogens is 1. The summed E-state index contributed by atoms with van der Waals surface area (Å²) in [6, 6.07) is 15.4. The van der Waals surface area contributed by atoms with Crippen molar-refractivity contribution in [3.8, 4) is 33.5 Å². The van der Waals surface area contributed by atoms with Gasteiger partial charge in [0.2, 0.25) is 0 Å². The largest absolute Gasteiger partial charge is 0.283 e. The lowest BCUT2D eigenvalue weighted by Gasteiger charge is -2.07. The van der Waals surface area contributed by atoms with Gasteiger partial charge in [-0.25, -0.2) is 4.68 Å². The molecule has 7 nitrogen and oxygen atoms in total. The van der Waals surface area contributed by atoms with E-state index in [1.807, 2.05) is 48.7 Å². The number of aromatic nitrogens is 4. The Morgan fingerprint density at radius 1 is 0.846 bits per heavy atom. The summed E-state index contributed by atoms with van der Waals surface area (Å²) < 4.78 is 1.22. The Morgan fingerprint density at radius 3 is 2.27 bits per heavy atom. The molecule has 0 aliphatic carbocycles. The van der Waals surface area contributed by atoms with Crippen LogP contribution in [0.4, 0.5) is 0 Å². The highest BCUT2D eigenvalue weighted by Gasteiger charge is 2.10. The molecule has 7 heteroatoms. The van der Waals surface area contributed by atoms with E-state index in [1.165, 1.54) is 4.68 Å². The monoisotopic (exact) mass is 341 g/mol. The van der Waals surface area contributed by atoms with Gasteiger partial charge in [-0.3, -0.25) is 15.5 Å². The van der Waals surface area contributed by atoms with Crippen LogP contribution in [-0.2, 0) is 0 Å². The summed E-state index contributed by atoms with van der Waals surface area (Å²) in [6.07, 6.45) is 6.99. The van der Waals surface area contributed by atoms with Crippen LogP contribution in [0.5, 0.6) is 0 Å². The summed E-state index contributed by atoms with van der Waals surface area (Å²) >= 11 is 0. The Hall–Kier alpha value is -3.87. The number of benzene rings is 1. The highest BCUT2D eigenvalue weighted by atomic mass is 15.4. The highest BCUT2D eigenvalue weighted by Crippen LogP contribution is 2.31. The Morgan fingerprint density at radius 2 is 1.54 bits per heavy atom. The number of hydrogen-bond acceptors (Lipinski definition) is 5. The van der Waals surface area contributed by atoms with Gasteiger partial charge in [0.15, 0.2) is 0 Å². The smallest absolute Gasteiger partial charge is 0.147 e. The molecule has 0 unspecified atom stereocenters. The van der Waals surface area contributed by atoms with Gasteiger partial charge in [-0.2, -0.15) is 10.6 Å². The molecular formula is C19H15N7. The SMILES string of the molecule is N=Nn1cc(-c2ccc(-c3cn[nH]c3-c3ccncc3)cc2)ccc1=N. The molecule has 26 heavy (non-hydrogen) atoms. The Balaban J connectivity index is 1.71. The first-order valence-electron chi connectivity index (χ1n) is 7.96. The third-order valence-corrected chi connectivity index (χ3v) is 4.17. The second kappa shape index (κ2) is 6.56. The van der Waals surface area contributed by atoms with Crippen molar-refractivity contribution >= 4 is 0 Å². The van der Waals surface area contributed by atoms with Gasteiger partial charge in [0.1, 0.15) is 5.49 Å². The average Bonchev–Trinajstić information content (AvgIpc) is 3.19. The summed E-state index contributed by atoms with van der Waals surface area (Å²) in [5.41, 5.74) is 13.2. The highest BCUT2D eigenvalue weighted by molar-refractivity contribution is 5.81. The van der Waals surface area contributed by atoms with Gasteiger partial charge in [0, 0.05) is 35.3 Å². The van der Waals surface area contributed by atoms with E-state index >= 15 is 0 Å². The molecule has 4 rings (SSSR count). The summed E-state index contributed by atoms with van der Waals surface area (Å²) in [5.74, 6) is 0. The topological polar surface area (TPSA) is 107 Å². The Labute approximate surface area is 149 Å². The van der Waals surface area contributed by atoms with Gasteiger partial charge in [0.25, 0.3) is 0 Å². The van der Waals surface area contributed by atoms with Crippen LogP contribution in [0.25, 0.3) is 33.5 Å². The number of nitrogens with one attached hydrogen (secondary N) is 3. The Bertz CT molecular complexity index is 1110. The second-order valence-corrected chi connectivity index (χ2v) is 5.72. The average molecular weight is 341 g/mol. The van der Waals surface area contributed by atoms with Crippen molar-refractivity contribution in [3.63, 3.8) is 0 Å². The number of pyridine rings is 2. The van der Waals surface area contributed by atoms with Crippen molar-refractivity contribution in [3.05, 3.63) is 78.8 Å². The van der Waals surface area contributed by atoms with Crippen molar-refractivity contribution in [1.29, 1.82) is 10.9 Å². The molecule has 126 valence electrons. The first kappa shape index (κ1) is 15.6. The number of rotatable bonds is 4. The van der Waals surface area contributed by atoms with E-state index in [0.29, 0.717) is 0 Å². The standard InChI is InChI=1S/C19H15N7/c20-18-6-5-16(12-26(18)25-21)13-1-3-14(4-2-13)17-11-23-24-19(17)15-7-9-22-10-8-15/h1-12,20-21H,(H,23,24). The molecule has 0 spiro atoms. The molecule has 0 saturated heterocycles. The predicted octanol–water partition coefficient (Wildman–Crippen LogP) is 3.88. The molecule has 0 bridgehead atoms. The van der Waals surface area contributed by atoms with Crippen LogP contribution in [0.2, 0.25) is 0 Å². The molecule has 0 amide bonds. The van der Waals surface area contributed by atoms with Crippen LogP contribution >= 0.6 is 0 Å². The molecule has 0 aliphatic heterocycles. The van der Waals surface area contributed by atoms with Crippen LogP contribution in [0.1, 0.15) is 0 Å². The fourth-order valence-corrected chi connectivity index (χ4v) is 2.83. The number of aromatic amines is 1. The molecule has 0 aliphatic rings. The molecule has 0 radical (unpaired) electrons. The van der Waals surface area contributed by atoms with E-state index in [9.17, 15) is 0 Å². The van der Waals surface area contributed by atoms with Gasteiger partial charge in [-0.15, -0.1) is 0 Å². The van der Waals surface area contributed by atoms with Gasteiger partial charge >= 0.3 is 0 Å². The lowest BCUT2D eigenvalue weighted by Crippen LogP contribution is -2.13. The van der Waals surface area contributed by atoms with Crippen molar-refractivity contribution in [2.24, 2.45) is 5.22 Å². The van der Waals surface area contributed by atoms with Crippen LogP contribution in [0.3, 0.4) is 0 Å². The minimum absolute atomic E-state index is 0.167. The molecule has 3 aromatic heterocycles. The molecule has 3 heterocycles. The van der Waals surface area contributed by atoms with Crippen LogP contribution in [0, 0.1) is 10.9 Å². The van der Waals surface area contributed by atoms with E-state index in [2.05, 4.69) is 20.4 Å². The van der Waals surface area contributed by atoms with Crippen molar-refractivity contribution in [2.75, 3.05) is 0 Å². The second-order valence-electron chi connectivity index (χ2n) is 5.72. The molecular weight excluding hydrogens is 326 g/mol. The van der Waals surface area contributed by atoms with E-state index in [-0.39, 0.29) is 5.49 Å². The quantitative estimate of drug-likeness (QED) is 0.490. The van der Waals surface area contributed by atoms with Crippen LogP contribution in [0.15, 0.2) is 78.5 Å². The molecule has 4 aromatic rings. The molecule has 0 atom stereocenters. The minimum Gasteiger partial charge on any atom is -0.283 e. The van der Waals surface area contributed by atoms with Gasteiger partial charge in [-0.1, -0.05) is 29.5 Å². The zero-order chi connectivity index (χ0) is 17.9. The maximum absolute atomic E-state index is 7.70. The van der Waals surface area contributed by atoms with Crippen LogP contribution < -0.4 is 5.49 Å². The predicted molar refractivity (Wildman–Crippen MR) is 97.1 cm³/mol. The molecule has 0 saturated carbocycles. The first-order chi connectivity index (χ1) is 12.8. The summed E-state index contributed by atoms with van der Waals surface area (Å²) in [5, 5.41) is 18.3. The maximum atomic E-state index is 7.70. The van der Waals surface area contributed by atoms with Crippen molar-refractivity contribution < 1.29 is 0 Å². The third-order valence-electron chi connectivity index (χ3n) is 4.17. The fourth-order valence-electron chi connectivity index (χ4n) is 2.83. The zero-order valence-corrected chi connectivity index (χ0v) is 13.7. The zero-order valence-electron chi connectivity index (χ0n) is 13.7. The lowest BCUT2D eigenvalue weighted by atomic mass is 9.99. The van der Waals surface area contributed by atoms with Crippen molar-refractivity contribution in [1.82, 2.24) is 19.9 Å². The van der Waals surface area contributed by atoms with E-state index in [1.54, 1.807) is 24.7 Å². The van der Waals surface area contributed by atoms with Gasteiger partial charge in [0.05, 0.1) is 11.9 Å². The van der Waals surface area contributed by atoms with Crippen LogP contribution in [-0.4, -0.2) is 19.9 Å². The maximum Gasteiger partial charge on any atom is 0.147 e. The third kappa shape index (κ3) is 2.82. The number of hydrogen-bond donors (Lipinski definition) is 3. The first-order valence-corrected chi connectivity index (χ1v) is 7.96. The van der Waals surface area contributed by atoms with Gasteiger partial charge in [-0.05, 0) is 35.4 Å². The van der Waals surface area contributed by atoms with E-state index in [0.717, 1.165) is 33.5 Å². The number of nitrogens with zero attached hydrogens (tertiary/aromatic N) is 4. The summed E-state index contributed by atoms with van der Waals surface area (Å²) in [4.78, 5) is 4.05. The summed E-state index contributed by atoms with van der Waals surface area (Å²) in [7, 11) is 0. The molecule has 0 fully saturated rings. The van der Waals surface area contributed by atoms with E-state index in [4.69, 9.17) is 10.9 Å². The normalized spacial score (nSPS) is 10.6. The Kier molecular flexibility index (Phi) is 3.95. The van der Waals surface area contributed by atoms with Gasteiger partial charge < -0.3 is 0 Å². The molecule has 3 N–H and O–H groups in total.